The Balaban J connectivity index is 1.87. The number of ether oxygens (including phenoxy) is 1. The number of hydrogen-bond donors (Lipinski definition) is 1. The third-order valence-electron chi connectivity index (χ3n) is 4.34. The zero-order valence-corrected chi connectivity index (χ0v) is 14.9. The SMILES string of the molecule is Cc1cc(-c2ccc(C(F)(F)F)cc2)cc(CN)c1OCc1ccccc1. The zero-order valence-electron chi connectivity index (χ0n) is 14.9. The van der Waals surface area contributed by atoms with E-state index in [9.17, 15) is 13.2 Å². The molecule has 0 aromatic heterocycles. The molecule has 3 aromatic carbocycles. The third-order valence-corrected chi connectivity index (χ3v) is 4.34. The quantitative estimate of drug-likeness (QED) is 0.623. The molecule has 0 radical (unpaired) electrons. The molecule has 27 heavy (non-hydrogen) atoms. The number of alkyl halides is 3. The Morgan fingerprint density at radius 1 is 0.889 bits per heavy atom. The van der Waals surface area contributed by atoms with Crippen LogP contribution in [0.1, 0.15) is 22.3 Å². The number of nitrogens with two attached hydrogens (primary N) is 1. The average molecular weight is 371 g/mol. The summed E-state index contributed by atoms with van der Waals surface area (Å²) in [6.07, 6.45) is -4.34. The minimum absolute atomic E-state index is 0.277. The van der Waals surface area contributed by atoms with Gasteiger partial charge in [0.05, 0.1) is 5.56 Å². The maximum absolute atomic E-state index is 12.7. The molecule has 0 aliphatic carbocycles. The first-order chi connectivity index (χ1) is 12.9. The highest BCUT2D eigenvalue weighted by Crippen LogP contribution is 2.34. The third kappa shape index (κ3) is 4.49. The summed E-state index contributed by atoms with van der Waals surface area (Å²) in [5.74, 6) is 0.719. The molecule has 140 valence electrons. The fourth-order valence-electron chi connectivity index (χ4n) is 2.95. The Bertz CT molecular complexity index is 903. The Morgan fingerprint density at radius 2 is 1.56 bits per heavy atom. The van der Waals surface area contributed by atoms with Crippen molar-refractivity contribution in [2.24, 2.45) is 5.73 Å². The summed E-state index contributed by atoms with van der Waals surface area (Å²) in [6.45, 7) is 2.61. The number of halogens is 3. The van der Waals surface area contributed by atoms with Crippen LogP contribution >= 0.6 is 0 Å². The van der Waals surface area contributed by atoms with Crippen molar-refractivity contribution in [3.05, 3.63) is 89.0 Å². The van der Waals surface area contributed by atoms with Crippen molar-refractivity contribution in [2.75, 3.05) is 0 Å². The molecule has 0 spiro atoms. The first-order valence-corrected chi connectivity index (χ1v) is 8.56. The van der Waals surface area contributed by atoms with Crippen LogP contribution in [0.25, 0.3) is 11.1 Å². The van der Waals surface area contributed by atoms with Gasteiger partial charge in [0.2, 0.25) is 0 Å². The van der Waals surface area contributed by atoms with E-state index in [4.69, 9.17) is 10.5 Å². The summed E-state index contributed by atoms with van der Waals surface area (Å²) in [5.41, 5.74) is 9.50. The molecule has 0 saturated heterocycles. The lowest BCUT2D eigenvalue weighted by Gasteiger charge is -2.16. The topological polar surface area (TPSA) is 35.2 Å². The summed E-state index contributed by atoms with van der Waals surface area (Å²) in [4.78, 5) is 0. The molecule has 0 amide bonds. The molecule has 2 nitrogen and oxygen atoms in total. The van der Waals surface area contributed by atoms with Gasteiger partial charge in [0.25, 0.3) is 0 Å². The smallest absolute Gasteiger partial charge is 0.416 e. The highest BCUT2D eigenvalue weighted by atomic mass is 19.4. The van der Waals surface area contributed by atoms with Crippen LogP contribution in [-0.4, -0.2) is 0 Å². The molecule has 0 fully saturated rings. The number of aryl methyl sites for hydroxylation is 1. The molecule has 3 rings (SSSR count). The zero-order chi connectivity index (χ0) is 19.4. The second-order valence-electron chi connectivity index (χ2n) is 6.33. The van der Waals surface area contributed by atoms with E-state index in [2.05, 4.69) is 0 Å². The molecule has 0 atom stereocenters. The van der Waals surface area contributed by atoms with E-state index in [1.807, 2.05) is 49.4 Å². The normalized spacial score (nSPS) is 11.4. The van der Waals surface area contributed by atoms with Gasteiger partial charge in [-0.05, 0) is 53.4 Å². The number of rotatable bonds is 5. The van der Waals surface area contributed by atoms with Crippen molar-refractivity contribution in [3.63, 3.8) is 0 Å². The summed E-state index contributed by atoms with van der Waals surface area (Å²) in [7, 11) is 0. The van der Waals surface area contributed by atoms with Gasteiger partial charge in [-0.2, -0.15) is 13.2 Å². The Kier molecular flexibility index (Phi) is 5.51. The van der Waals surface area contributed by atoms with Crippen LogP contribution in [0.3, 0.4) is 0 Å². The minimum Gasteiger partial charge on any atom is -0.488 e. The standard InChI is InChI=1S/C22H20F3NO/c1-15-11-18(17-7-9-20(10-8-17)22(23,24)25)12-19(13-26)21(15)27-14-16-5-3-2-4-6-16/h2-12H,13-14,26H2,1H3. The molecular formula is C22H20F3NO. The highest BCUT2D eigenvalue weighted by Gasteiger charge is 2.30. The first-order valence-electron chi connectivity index (χ1n) is 8.56. The van der Waals surface area contributed by atoms with Gasteiger partial charge in [0.1, 0.15) is 12.4 Å². The van der Waals surface area contributed by atoms with Crippen molar-refractivity contribution in [1.82, 2.24) is 0 Å². The van der Waals surface area contributed by atoms with Gasteiger partial charge < -0.3 is 10.5 Å². The predicted octanol–water partition coefficient (Wildman–Crippen LogP) is 5.72. The lowest BCUT2D eigenvalue weighted by Crippen LogP contribution is -2.05. The molecule has 2 N–H and O–H groups in total. The van der Waals surface area contributed by atoms with Crippen LogP contribution in [0, 0.1) is 6.92 Å². The van der Waals surface area contributed by atoms with Gasteiger partial charge in [-0.1, -0.05) is 42.5 Å². The monoisotopic (exact) mass is 371 g/mol. The largest absolute Gasteiger partial charge is 0.488 e. The van der Waals surface area contributed by atoms with Crippen LogP contribution in [0.15, 0.2) is 66.7 Å². The molecule has 5 heteroatoms. The molecule has 3 aromatic rings. The summed E-state index contributed by atoms with van der Waals surface area (Å²) in [6, 6.07) is 18.7. The minimum atomic E-state index is -4.34. The van der Waals surface area contributed by atoms with Gasteiger partial charge in [0.15, 0.2) is 0 Å². The highest BCUT2D eigenvalue weighted by molar-refractivity contribution is 5.68. The lowest BCUT2D eigenvalue weighted by atomic mass is 9.98. The number of hydrogen-bond acceptors (Lipinski definition) is 2. The van der Waals surface area contributed by atoms with Crippen LogP contribution in [0.2, 0.25) is 0 Å². The van der Waals surface area contributed by atoms with E-state index in [-0.39, 0.29) is 6.54 Å². The van der Waals surface area contributed by atoms with Gasteiger partial charge in [-0.15, -0.1) is 0 Å². The maximum atomic E-state index is 12.7. The molecule has 0 aliphatic heterocycles. The molecule has 0 heterocycles. The van der Waals surface area contributed by atoms with Crippen molar-refractivity contribution in [2.45, 2.75) is 26.3 Å². The second-order valence-corrected chi connectivity index (χ2v) is 6.33. The lowest BCUT2D eigenvalue weighted by molar-refractivity contribution is -0.137. The van der Waals surface area contributed by atoms with Crippen LogP contribution in [0.5, 0.6) is 5.75 Å². The summed E-state index contributed by atoms with van der Waals surface area (Å²) < 4.78 is 44.2. The molecular weight excluding hydrogens is 351 g/mol. The maximum Gasteiger partial charge on any atom is 0.416 e. The van der Waals surface area contributed by atoms with Gasteiger partial charge in [-0.25, -0.2) is 0 Å². The van der Waals surface area contributed by atoms with Crippen molar-refractivity contribution >= 4 is 0 Å². The van der Waals surface area contributed by atoms with Crippen LogP contribution < -0.4 is 10.5 Å². The van der Waals surface area contributed by atoms with E-state index < -0.39 is 11.7 Å². The second kappa shape index (κ2) is 7.84. The van der Waals surface area contributed by atoms with E-state index in [1.165, 1.54) is 12.1 Å². The number of benzene rings is 3. The van der Waals surface area contributed by atoms with E-state index >= 15 is 0 Å². The van der Waals surface area contributed by atoms with Crippen molar-refractivity contribution in [3.8, 4) is 16.9 Å². The van der Waals surface area contributed by atoms with Crippen LogP contribution in [-0.2, 0) is 19.3 Å². The average Bonchev–Trinajstić information content (AvgIpc) is 2.66. The fourth-order valence-corrected chi connectivity index (χ4v) is 2.95. The summed E-state index contributed by atoms with van der Waals surface area (Å²) in [5, 5.41) is 0. The van der Waals surface area contributed by atoms with Crippen LogP contribution in [0.4, 0.5) is 13.2 Å². The van der Waals surface area contributed by atoms with E-state index in [0.717, 1.165) is 40.1 Å². The summed E-state index contributed by atoms with van der Waals surface area (Å²) >= 11 is 0. The Hall–Kier alpha value is -2.79. The molecule has 0 saturated carbocycles. The van der Waals surface area contributed by atoms with E-state index in [0.29, 0.717) is 12.2 Å². The van der Waals surface area contributed by atoms with E-state index in [1.54, 1.807) is 0 Å². The molecule has 0 aliphatic rings. The molecule has 0 unspecified atom stereocenters. The fraction of sp³-hybridized carbons (Fsp3) is 0.182. The van der Waals surface area contributed by atoms with Gasteiger partial charge >= 0.3 is 6.18 Å². The first kappa shape index (κ1) is 19.0. The van der Waals surface area contributed by atoms with Crippen molar-refractivity contribution in [1.29, 1.82) is 0 Å². The Labute approximate surface area is 156 Å². The molecule has 0 bridgehead atoms. The van der Waals surface area contributed by atoms with Gasteiger partial charge in [-0.3, -0.25) is 0 Å². The Morgan fingerprint density at radius 3 is 2.15 bits per heavy atom. The predicted molar refractivity (Wildman–Crippen MR) is 100 cm³/mol. The van der Waals surface area contributed by atoms with Gasteiger partial charge in [0, 0.05) is 12.1 Å². The van der Waals surface area contributed by atoms with Crippen molar-refractivity contribution < 1.29 is 17.9 Å².